The molecule has 7 nitrogen and oxygen atoms in total. The molecule has 0 atom stereocenters. The number of carbonyl (C=O) groups excluding carboxylic acids is 1. The van der Waals surface area contributed by atoms with E-state index < -0.39 is 0 Å². The van der Waals surface area contributed by atoms with Gasteiger partial charge in [-0.25, -0.2) is 4.99 Å². The van der Waals surface area contributed by atoms with Gasteiger partial charge in [-0.3, -0.25) is 9.78 Å². The molecule has 0 aliphatic carbocycles. The number of amides is 1. The van der Waals surface area contributed by atoms with Crippen LogP contribution < -0.4 is 20.7 Å². The van der Waals surface area contributed by atoms with Crippen LogP contribution >= 0.6 is 24.0 Å². The van der Waals surface area contributed by atoms with Crippen molar-refractivity contribution in [1.29, 1.82) is 0 Å². The van der Waals surface area contributed by atoms with Crippen molar-refractivity contribution in [2.75, 3.05) is 20.1 Å². The van der Waals surface area contributed by atoms with E-state index in [4.69, 9.17) is 9.73 Å². The van der Waals surface area contributed by atoms with Crippen LogP contribution in [0.5, 0.6) is 5.75 Å². The standard InChI is InChI=1S/C26H31N5O2.HI/c1-3-28-26(30-15-13-20-8-6-10-22(16-20)25(32)27-2)31-18-21-9-7-12-24(17-21)33-19-23-11-4-5-14-29-23;/h4-12,14,16-17H,3,13,15,18-19H2,1-2H3,(H,27,32)(H2,28,30,31);1H. The fourth-order valence-electron chi connectivity index (χ4n) is 3.22. The summed E-state index contributed by atoms with van der Waals surface area (Å²) in [7, 11) is 1.64. The van der Waals surface area contributed by atoms with Crippen LogP contribution in [0.15, 0.2) is 77.9 Å². The van der Waals surface area contributed by atoms with E-state index in [-0.39, 0.29) is 29.9 Å². The third-order valence-electron chi connectivity index (χ3n) is 4.90. The smallest absolute Gasteiger partial charge is 0.251 e. The highest BCUT2D eigenvalue weighted by Gasteiger charge is 2.05. The number of nitrogens with zero attached hydrogens (tertiary/aromatic N) is 2. The van der Waals surface area contributed by atoms with E-state index in [9.17, 15) is 4.79 Å². The molecule has 1 amide bonds. The lowest BCUT2D eigenvalue weighted by Crippen LogP contribution is -2.38. The van der Waals surface area contributed by atoms with Crippen molar-refractivity contribution in [3.05, 3.63) is 95.3 Å². The molecular weight excluding hydrogens is 541 g/mol. The molecule has 1 aromatic heterocycles. The Kier molecular flexibility index (Phi) is 11.9. The van der Waals surface area contributed by atoms with Crippen LogP contribution in [-0.2, 0) is 19.6 Å². The summed E-state index contributed by atoms with van der Waals surface area (Å²) < 4.78 is 5.86. The minimum absolute atomic E-state index is 0. The normalized spacial score (nSPS) is 10.7. The maximum absolute atomic E-state index is 11.8. The van der Waals surface area contributed by atoms with Gasteiger partial charge in [-0.2, -0.15) is 0 Å². The van der Waals surface area contributed by atoms with Crippen LogP contribution in [0.2, 0.25) is 0 Å². The molecule has 0 saturated heterocycles. The summed E-state index contributed by atoms with van der Waals surface area (Å²) in [5.41, 5.74) is 3.71. The van der Waals surface area contributed by atoms with Gasteiger partial charge in [0.2, 0.25) is 0 Å². The number of carbonyl (C=O) groups is 1. The van der Waals surface area contributed by atoms with Gasteiger partial charge in [0.15, 0.2) is 5.96 Å². The van der Waals surface area contributed by atoms with Crippen LogP contribution in [-0.4, -0.2) is 37.0 Å². The van der Waals surface area contributed by atoms with Gasteiger partial charge in [0.05, 0.1) is 12.2 Å². The Morgan fingerprint density at radius 1 is 1.00 bits per heavy atom. The number of hydrogen-bond acceptors (Lipinski definition) is 4. The number of pyridine rings is 1. The summed E-state index contributed by atoms with van der Waals surface area (Å²) in [5, 5.41) is 9.29. The molecule has 8 heteroatoms. The zero-order chi connectivity index (χ0) is 23.3. The van der Waals surface area contributed by atoms with Crippen molar-refractivity contribution < 1.29 is 9.53 Å². The van der Waals surface area contributed by atoms with Gasteiger partial charge < -0.3 is 20.7 Å². The van der Waals surface area contributed by atoms with Crippen molar-refractivity contribution in [3.63, 3.8) is 0 Å². The molecule has 2 aromatic carbocycles. The Hall–Kier alpha value is -3.14. The van der Waals surface area contributed by atoms with Crippen molar-refractivity contribution in [3.8, 4) is 5.75 Å². The molecule has 0 unspecified atom stereocenters. The van der Waals surface area contributed by atoms with Crippen molar-refractivity contribution in [1.82, 2.24) is 20.9 Å². The number of rotatable bonds is 10. The maximum atomic E-state index is 11.8. The lowest BCUT2D eigenvalue weighted by atomic mass is 10.1. The first-order valence-corrected chi connectivity index (χ1v) is 11.1. The number of aliphatic imine (C=N–C) groups is 1. The highest BCUT2D eigenvalue weighted by Crippen LogP contribution is 2.15. The SMILES string of the molecule is CCNC(=NCc1cccc(OCc2ccccn2)c1)NCCc1cccc(C(=O)NC)c1.I. The first kappa shape index (κ1) is 27.1. The molecule has 180 valence electrons. The molecule has 0 bridgehead atoms. The zero-order valence-corrected chi connectivity index (χ0v) is 21.9. The number of benzene rings is 2. The Morgan fingerprint density at radius 3 is 2.59 bits per heavy atom. The van der Waals surface area contributed by atoms with E-state index >= 15 is 0 Å². The van der Waals surface area contributed by atoms with E-state index in [0.717, 1.165) is 41.5 Å². The molecule has 0 aliphatic rings. The van der Waals surface area contributed by atoms with Crippen LogP contribution in [0.3, 0.4) is 0 Å². The van der Waals surface area contributed by atoms with E-state index in [1.165, 1.54) is 0 Å². The summed E-state index contributed by atoms with van der Waals surface area (Å²) >= 11 is 0. The van der Waals surface area contributed by atoms with E-state index in [1.54, 1.807) is 13.2 Å². The molecule has 0 radical (unpaired) electrons. The Balaban J connectivity index is 0.00000408. The maximum Gasteiger partial charge on any atom is 0.251 e. The average molecular weight is 573 g/mol. The van der Waals surface area contributed by atoms with Gasteiger partial charge in [-0.15, -0.1) is 24.0 Å². The average Bonchev–Trinajstić information content (AvgIpc) is 2.86. The number of aromatic nitrogens is 1. The van der Waals surface area contributed by atoms with E-state index in [2.05, 4.69) is 20.9 Å². The van der Waals surface area contributed by atoms with Gasteiger partial charge >= 0.3 is 0 Å². The second kappa shape index (κ2) is 14.9. The fraction of sp³-hybridized carbons (Fsp3) is 0.269. The molecule has 3 N–H and O–H groups in total. The Labute approximate surface area is 218 Å². The Bertz CT molecular complexity index is 1060. The highest BCUT2D eigenvalue weighted by molar-refractivity contribution is 14.0. The molecule has 0 saturated carbocycles. The van der Waals surface area contributed by atoms with Gasteiger partial charge in [0.1, 0.15) is 12.4 Å². The summed E-state index contributed by atoms with van der Waals surface area (Å²) in [6.07, 6.45) is 2.55. The molecule has 3 aromatic rings. The Morgan fingerprint density at radius 2 is 1.82 bits per heavy atom. The molecule has 0 fully saturated rings. The molecule has 0 spiro atoms. The van der Waals surface area contributed by atoms with Crippen LogP contribution in [0, 0.1) is 0 Å². The first-order valence-electron chi connectivity index (χ1n) is 11.1. The van der Waals surface area contributed by atoms with Crippen molar-refractivity contribution >= 4 is 35.8 Å². The molecule has 0 aliphatic heterocycles. The third-order valence-corrected chi connectivity index (χ3v) is 4.90. The lowest BCUT2D eigenvalue weighted by Gasteiger charge is -2.12. The highest BCUT2D eigenvalue weighted by atomic mass is 127. The fourth-order valence-corrected chi connectivity index (χ4v) is 3.22. The van der Waals surface area contributed by atoms with Crippen LogP contribution in [0.1, 0.15) is 34.1 Å². The minimum Gasteiger partial charge on any atom is -0.487 e. The summed E-state index contributed by atoms with van der Waals surface area (Å²) in [6.45, 7) is 4.47. The summed E-state index contributed by atoms with van der Waals surface area (Å²) in [4.78, 5) is 20.8. The van der Waals surface area contributed by atoms with Crippen LogP contribution in [0.25, 0.3) is 0 Å². The number of halogens is 1. The third kappa shape index (κ3) is 9.01. The topological polar surface area (TPSA) is 87.6 Å². The van der Waals surface area contributed by atoms with Gasteiger partial charge in [-0.05, 0) is 60.9 Å². The zero-order valence-electron chi connectivity index (χ0n) is 19.6. The first-order chi connectivity index (χ1) is 16.2. The summed E-state index contributed by atoms with van der Waals surface area (Å²) in [5.74, 6) is 1.47. The monoisotopic (exact) mass is 573 g/mol. The quantitative estimate of drug-likeness (QED) is 0.194. The number of ether oxygens (including phenoxy) is 1. The van der Waals surface area contributed by atoms with Crippen molar-refractivity contribution in [2.45, 2.75) is 26.5 Å². The number of hydrogen-bond donors (Lipinski definition) is 3. The van der Waals surface area contributed by atoms with E-state index in [0.29, 0.717) is 25.3 Å². The van der Waals surface area contributed by atoms with Gasteiger partial charge in [0.25, 0.3) is 5.91 Å². The van der Waals surface area contributed by atoms with Gasteiger partial charge in [-0.1, -0.05) is 30.3 Å². The summed E-state index contributed by atoms with van der Waals surface area (Å²) in [6, 6.07) is 21.4. The van der Waals surface area contributed by atoms with E-state index in [1.807, 2.05) is 73.7 Å². The molecule has 3 rings (SSSR count). The van der Waals surface area contributed by atoms with Crippen LogP contribution in [0.4, 0.5) is 0 Å². The number of nitrogens with one attached hydrogen (secondary N) is 3. The predicted molar refractivity (Wildman–Crippen MR) is 147 cm³/mol. The second-order valence-electron chi connectivity index (χ2n) is 7.41. The predicted octanol–water partition coefficient (Wildman–Crippen LogP) is 3.94. The minimum atomic E-state index is -0.0778. The lowest BCUT2D eigenvalue weighted by molar-refractivity contribution is 0.0963. The largest absolute Gasteiger partial charge is 0.487 e. The molecule has 1 heterocycles. The van der Waals surface area contributed by atoms with Crippen molar-refractivity contribution in [2.24, 2.45) is 4.99 Å². The number of guanidine groups is 1. The molecule has 34 heavy (non-hydrogen) atoms. The second-order valence-corrected chi connectivity index (χ2v) is 7.41. The van der Waals surface area contributed by atoms with Gasteiger partial charge in [0, 0.05) is 31.9 Å². The molecular formula is C26H32IN5O2.